The summed E-state index contributed by atoms with van der Waals surface area (Å²) in [5, 5.41) is 14.3. The SMILES string of the molecule is COc1cccc2c(N=C(N)CN3CCc4ccc(NC(O)c5ccccn5)cc4C3)nc(N)nc12. The highest BCUT2D eigenvalue weighted by Gasteiger charge is 2.19. The van der Waals surface area contributed by atoms with E-state index in [1.165, 1.54) is 11.1 Å². The van der Waals surface area contributed by atoms with Crippen molar-refractivity contribution in [3.63, 3.8) is 0 Å². The third-order valence-corrected chi connectivity index (χ3v) is 6.11. The average molecular weight is 485 g/mol. The van der Waals surface area contributed by atoms with Crippen molar-refractivity contribution in [1.82, 2.24) is 19.9 Å². The Balaban J connectivity index is 1.31. The Morgan fingerprint density at radius 3 is 2.86 bits per heavy atom. The van der Waals surface area contributed by atoms with Crippen LogP contribution < -0.4 is 21.5 Å². The molecule has 0 bridgehead atoms. The smallest absolute Gasteiger partial charge is 0.222 e. The van der Waals surface area contributed by atoms with Crippen LogP contribution in [0.15, 0.2) is 65.8 Å². The van der Waals surface area contributed by atoms with Gasteiger partial charge in [0.2, 0.25) is 5.95 Å². The molecule has 0 saturated heterocycles. The number of pyridine rings is 1. The minimum atomic E-state index is -0.888. The number of rotatable bonds is 7. The van der Waals surface area contributed by atoms with Gasteiger partial charge >= 0.3 is 0 Å². The van der Waals surface area contributed by atoms with E-state index >= 15 is 0 Å². The van der Waals surface area contributed by atoms with Crippen molar-refractivity contribution < 1.29 is 9.84 Å². The number of nitrogen functional groups attached to an aromatic ring is 1. The molecule has 1 atom stereocenters. The fourth-order valence-corrected chi connectivity index (χ4v) is 4.39. The second kappa shape index (κ2) is 10.1. The molecule has 2 aromatic carbocycles. The molecule has 1 aliphatic rings. The van der Waals surface area contributed by atoms with E-state index in [-0.39, 0.29) is 5.95 Å². The molecule has 10 heteroatoms. The van der Waals surface area contributed by atoms with Crippen LogP contribution in [-0.2, 0) is 13.0 Å². The van der Waals surface area contributed by atoms with Gasteiger partial charge in [-0.15, -0.1) is 0 Å². The second-order valence-corrected chi connectivity index (χ2v) is 8.61. The normalized spacial score (nSPS) is 14.9. The van der Waals surface area contributed by atoms with Gasteiger partial charge < -0.3 is 26.6 Å². The number of para-hydroxylation sites is 1. The number of anilines is 2. The summed E-state index contributed by atoms with van der Waals surface area (Å²) in [5.74, 6) is 1.56. The number of hydrogen-bond donors (Lipinski definition) is 4. The number of methoxy groups -OCH3 is 1. The van der Waals surface area contributed by atoms with Gasteiger partial charge in [-0.25, -0.2) is 9.98 Å². The first-order chi connectivity index (χ1) is 17.5. The summed E-state index contributed by atoms with van der Waals surface area (Å²) in [7, 11) is 1.58. The summed E-state index contributed by atoms with van der Waals surface area (Å²) in [6.07, 6.45) is 1.67. The Kier molecular flexibility index (Phi) is 6.61. The Labute approximate surface area is 208 Å². The van der Waals surface area contributed by atoms with Crippen molar-refractivity contribution in [2.45, 2.75) is 19.2 Å². The minimum Gasteiger partial charge on any atom is -0.494 e. The number of aromatic nitrogens is 3. The molecule has 36 heavy (non-hydrogen) atoms. The van der Waals surface area contributed by atoms with Gasteiger partial charge in [0.25, 0.3) is 0 Å². The van der Waals surface area contributed by atoms with Crippen LogP contribution in [0.1, 0.15) is 23.0 Å². The van der Waals surface area contributed by atoms with E-state index in [2.05, 4.69) is 42.3 Å². The average Bonchev–Trinajstić information content (AvgIpc) is 2.88. The summed E-state index contributed by atoms with van der Waals surface area (Å²) in [4.78, 5) is 19.6. The van der Waals surface area contributed by atoms with Crippen LogP contribution in [0.5, 0.6) is 5.75 Å². The van der Waals surface area contributed by atoms with E-state index < -0.39 is 6.23 Å². The zero-order valence-corrected chi connectivity index (χ0v) is 19.9. The summed E-state index contributed by atoms with van der Waals surface area (Å²) >= 11 is 0. The summed E-state index contributed by atoms with van der Waals surface area (Å²) in [6, 6.07) is 17.1. The van der Waals surface area contributed by atoms with Crippen LogP contribution in [0.25, 0.3) is 10.9 Å². The van der Waals surface area contributed by atoms with Crippen molar-refractivity contribution in [2.75, 3.05) is 31.2 Å². The molecule has 10 nitrogen and oxygen atoms in total. The monoisotopic (exact) mass is 484 g/mol. The highest BCUT2D eigenvalue weighted by molar-refractivity contribution is 5.96. The molecule has 0 fully saturated rings. The molecule has 0 radical (unpaired) electrons. The van der Waals surface area contributed by atoms with E-state index in [9.17, 15) is 5.11 Å². The largest absolute Gasteiger partial charge is 0.494 e. The third kappa shape index (κ3) is 5.04. The van der Waals surface area contributed by atoms with Crippen LogP contribution in [0.2, 0.25) is 0 Å². The van der Waals surface area contributed by atoms with Crippen molar-refractivity contribution in [2.24, 2.45) is 10.7 Å². The second-order valence-electron chi connectivity index (χ2n) is 8.61. The van der Waals surface area contributed by atoms with Gasteiger partial charge in [0, 0.05) is 30.4 Å². The number of nitrogens with zero attached hydrogens (tertiary/aromatic N) is 5. The van der Waals surface area contributed by atoms with Gasteiger partial charge in [-0.05, 0) is 53.9 Å². The molecule has 0 amide bonds. The van der Waals surface area contributed by atoms with Gasteiger partial charge in [-0.1, -0.05) is 18.2 Å². The van der Waals surface area contributed by atoms with E-state index in [0.29, 0.717) is 41.7 Å². The maximum atomic E-state index is 10.5. The number of benzene rings is 2. The molecule has 1 unspecified atom stereocenters. The lowest BCUT2D eigenvalue weighted by Gasteiger charge is -2.29. The molecule has 184 valence electrons. The number of aliphatic imine (C=N–C) groups is 1. The molecular weight excluding hydrogens is 456 g/mol. The molecule has 0 saturated carbocycles. The van der Waals surface area contributed by atoms with Gasteiger partial charge in [0.05, 0.1) is 19.3 Å². The molecule has 4 aromatic rings. The molecule has 2 aromatic heterocycles. The highest BCUT2D eigenvalue weighted by atomic mass is 16.5. The fourth-order valence-electron chi connectivity index (χ4n) is 4.39. The molecular formula is C26H28N8O2. The first-order valence-corrected chi connectivity index (χ1v) is 11.6. The number of nitrogens with one attached hydrogen (secondary N) is 1. The lowest BCUT2D eigenvalue weighted by Crippen LogP contribution is -2.37. The molecule has 1 aliphatic heterocycles. The van der Waals surface area contributed by atoms with Crippen LogP contribution in [0, 0.1) is 0 Å². The lowest BCUT2D eigenvalue weighted by atomic mass is 9.99. The van der Waals surface area contributed by atoms with Crippen molar-refractivity contribution >= 4 is 34.2 Å². The molecule has 3 heterocycles. The highest BCUT2D eigenvalue weighted by Crippen LogP contribution is 2.30. The number of hydrogen-bond acceptors (Lipinski definition) is 9. The van der Waals surface area contributed by atoms with Crippen LogP contribution in [-0.4, -0.2) is 51.0 Å². The van der Waals surface area contributed by atoms with Crippen molar-refractivity contribution in [3.8, 4) is 5.75 Å². The summed E-state index contributed by atoms with van der Waals surface area (Å²) in [5.41, 5.74) is 16.7. The van der Waals surface area contributed by atoms with E-state index in [1.54, 1.807) is 19.4 Å². The van der Waals surface area contributed by atoms with Gasteiger partial charge in [-0.3, -0.25) is 9.88 Å². The number of aliphatic hydroxyl groups excluding tert-OH is 1. The Bertz CT molecular complexity index is 1410. The molecule has 0 spiro atoms. The Morgan fingerprint density at radius 1 is 1.17 bits per heavy atom. The third-order valence-electron chi connectivity index (χ3n) is 6.11. The van der Waals surface area contributed by atoms with E-state index in [1.807, 2.05) is 36.4 Å². The molecule has 5 rings (SSSR count). The van der Waals surface area contributed by atoms with Gasteiger partial charge in [0.1, 0.15) is 17.1 Å². The number of nitrogens with two attached hydrogens (primary N) is 2. The maximum absolute atomic E-state index is 10.5. The Hall–Kier alpha value is -4.28. The predicted molar refractivity (Wildman–Crippen MR) is 140 cm³/mol. The number of fused-ring (bicyclic) bond motifs is 2. The maximum Gasteiger partial charge on any atom is 0.222 e. The molecule has 0 aliphatic carbocycles. The summed E-state index contributed by atoms with van der Waals surface area (Å²) in [6.45, 7) is 2.04. The summed E-state index contributed by atoms with van der Waals surface area (Å²) < 4.78 is 5.40. The standard InChI is InChI=1S/C26H28N8O2/c1-36-21-7-4-5-19-23(21)32-26(28)33-24(19)31-22(27)15-34-12-10-16-8-9-18(13-17(16)14-34)30-25(35)20-6-2-3-11-29-20/h2-9,11,13,25,30,35H,10,12,14-15H2,1H3,(H4,27,28,31,32,33). The zero-order valence-electron chi connectivity index (χ0n) is 19.9. The van der Waals surface area contributed by atoms with Crippen LogP contribution >= 0.6 is 0 Å². The van der Waals surface area contributed by atoms with E-state index in [0.717, 1.165) is 24.0 Å². The fraction of sp³-hybridized carbons (Fsp3) is 0.231. The van der Waals surface area contributed by atoms with Crippen LogP contribution in [0.3, 0.4) is 0 Å². The van der Waals surface area contributed by atoms with Crippen molar-refractivity contribution in [1.29, 1.82) is 0 Å². The number of ether oxygens (including phenoxy) is 1. The van der Waals surface area contributed by atoms with Gasteiger partial charge in [0.15, 0.2) is 12.0 Å². The number of amidine groups is 1. The Morgan fingerprint density at radius 2 is 2.06 bits per heavy atom. The topological polar surface area (TPSA) is 148 Å². The van der Waals surface area contributed by atoms with E-state index in [4.69, 9.17) is 16.2 Å². The first kappa shape index (κ1) is 23.5. The van der Waals surface area contributed by atoms with Gasteiger partial charge in [-0.2, -0.15) is 4.98 Å². The van der Waals surface area contributed by atoms with Crippen molar-refractivity contribution in [3.05, 3.63) is 77.6 Å². The lowest BCUT2D eigenvalue weighted by molar-refractivity contribution is 0.203. The molecule has 6 N–H and O–H groups in total. The zero-order chi connectivity index (χ0) is 25.1. The van der Waals surface area contributed by atoms with Crippen LogP contribution in [0.4, 0.5) is 17.5 Å². The predicted octanol–water partition coefficient (Wildman–Crippen LogP) is 2.77. The number of aliphatic hydroxyl groups is 1. The quantitative estimate of drug-likeness (QED) is 0.176. The minimum absolute atomic E-state index is 0.110. The first-order valence-electron chi connectivity index (χ1n) is 11.6.